The van der Waals surface area contributed by atoms with E-state index in [0.29, 0.717) is 0 Å². The summed E-state index contributed by atoms with van der Waals surface area (Å²) in [5, 5.41) is 0. The van der Waals surface area contributed by atoms with Gasteiger partial charge in [0.1, 0.15) is 0 Å². The fraction of sp³-hybridized carbons (Fsp3) is 0. The van der Waals surface area contributed by atoms with Gasteiger partial charge in [-0.2, -0.15) is 0 Å². The predicted molar refractivity (Wildman–Crippen MR) is 62.8 cm³/mol. The van der Waals surface area contributed by atoms with Crippen LogP contribution >= 0.6 is 0 Å². The molecule has 2 aromatic rings. The van der Waals surface area contributed by atoms with Gasteiger partial charge in [-0.25, -0.2) is 0 Å². The molecule has 0 radical (unpaired) electrons. The molecule has 0 aliphatic rings. The molecule has 0 aliphatic carbocycles. The van der Waals surface area contributed by atoms with Crippen LogP contribution in [0, 0.1) is 12.8 Å². The van der Waals surface area contributed by atoms with Crippen LogP contribution < -0.4 is 0 Å². The first kappa shape index (κ1) is 12.0. The molecule has 0 aliphatic heterocycles. The zero-order valence-electron chi connectivity index (χ0n) is 8.08. The first-order chi connectivity index (χ1) is 7.00. The molecule has 0 fully saturated rings. The minimum Gasteiger partial charge on any atom is -0.124 e. The average molecular weight is 182 g/mol. The van der Waals surface area contributed by atoms with Crippen molar-refractivity contribution >= 4 is 0 Å². The molecule has 2 aromatic carbocycles. The monoisotopic (exact) mass is 182 g/mol. The molecule has 0 N–H and O–H groups in total. The van der Waals surface area contributed by atoms with Crippen LogP contribution in [0.3, 0.4) is 0 Å². The second-order valence-corrected chi connectivity index (χ2v) is 2.31. The molecule has 0 saturated carbocycles. The molecule has 2 rings (SSSR count). The van der Waals surface area contributed by atoms with Gasteiger partial charge in [0.25, 0.3) is 0 Å². The lowest BCUT2D eigenvalue weighted by Gasteiger charge is -1.69. The standard InChI is InChI=1S/2C6H6.C2H2/c2*1-2-4-6-5-3-1;1-2/h2*1-6H;1-2H. The van der Waals surface area contributed by atoms with E-state index < -0.39 is 0 Å². The number of benzene rings is 2. The zero-order valence-corrected chi connectivity index (χ0v) is 8.08. The van der Waals surface area contributed by atoms with Gasteiger partial charge in [0, 0.05) is 0 Å². The van der Waals surface area contributed by atoms with Crippen molar-refractivity contribution in [3.8, 4) is 12.8 Å². The van der Waals surface area contributed by atoms with E-state index in [1.54, 1.807) is 0 Å². The Bertz CT molecular complexity index is 210. The van der Waals surface area contributed by atoms with Gasteiger partial charge in [-0.1, -0.05) is 72.8 Å². The van der Waals surface area contributed by atoms with Crippen molar-refractivity contribution < 1.29 is 0 Å². The summed E-state index contributed by atoms with van der Waals surface area (Å²) in [5.74, 6) is 0. The van der Waals surface area contributed by atoms with Gasteiger partial charge in [-0.3, -0.25) is 0 Å². The molecule has 0 heterocycles. The molecule has 0 heteroatoms. The number of hydrogen-bond donors (Lipinski definition) is 0. The molecule has 0 unspecified atom stereocenters. The van der Waals surface area contributed by atoms with Crippen LogP contribution in [0.15, 0.2) is 72.8 Å². The first-order valence-electron chi connectivity index (χ1n) is 4.33. The number of terminal acetylenes is 1. The highest BCUT2D eigenvalue weighted by atomic mass is 13.7. The maximum Gasteiger partial charge on any atom is -0.0623 e. The Morgan fingerprint density at radius 1 is 0.286 bits per heavy atom. The molecule has 70 valence electrons. The lowest BCUT2D eigenvalue weighted by atomic mass is 10.4. The maximum absolute atomic E-state index is 4.00. The summed E-state index contributed by atoms with van der Waals surface area (Å²) in [6.45, 7) is 0. The highest BCUT2D eigenvalue weighted by Crippen LogP contribution is 1.80. The largest absolute Gasteiger partial charge is 0.124 e. The van der Waals surface area contributed by atoms with Crippen molar-refractivity contribution in [3.63, 3.8) is 0 Å². The molecule has 0 nitrogen and oxygen atoms in total. The lowest BCUT2D eigenvalue weighted by Crippen LogP contribution is -1.47. The van der Waals surface area contributed by atoms with Crippen LogP contribution in [-0.2, 0) is 0 Å². The molecule has 0 amide bonds. The van der Waals surface area contributed by atoms with Crippen molar-refractivity contribution in [1.82, 2.24) is 0 Å². The van der Waals surface area contributed by atoms with Crippen LogP contribution in [0.1, 0.15) is 0 Å². The van der Waals surface area contributed by atoms with E-state index in [4.69, 9.17) is 0 Å². The van der Waals surface area contributed by atoms with Crippen LogP contribution in [0.25, 0.3) is 0 Å². The summed E-state index contributed by atoms with van der Waals surface area (Å²) < 4.78 is 0. The predicted octanol–water partition coefficient (Wildman–Crippen LogP) is 3.62. The SMILES string of the molecule is C#C.c1ccccc1.c1ccccc1. The second kappa shape index (κ2) is 11.0. The molecule has 0 saturated heterocycles. The quantitative estimate of drug-likeness (QED) is 0.546. The fourth-order valence-corrected chi connectivity index (χ4v) is 0.770. The Labute approximate surface area is 86.2 Å². The molecule has 0 bridgehead atoms. The Morgan fingerprint density at radius 2 is 0.357 bits per heavy atom. The number of rotatable bonds is 0. The summed E-state index contributed by atoms with van der Waals surface area (Å²) in [6, 6.07) is 24.0. The van der Waals surface area contributed by atoms with E-state index in [0.717, 1.165) is 0 Å². The molecule has 0 aromatic heterocycles. The van der Waals surface area contributed by atoms with Gasteiger partial charge in [-0.05, 0) is 0 Å². The first-order valence-corrected chi connectivity index (χ1v) is 4.33. The Hall–Kier alpha value is -2.00. The molecule has 14 heavy (non-hydrogen) atoms. The minimum atomic E-state index is 2.00. The second-order valence-electron chi connectivity index (χ2n) is 2.31. The van der Waals surface area contributed by atoms with Gasteiger partial charge < -0.3 is 0 Å². The van der Waals surface area contributed by atoms with Crippen molar-refractivity contribution in [3.05, 3.63) is 72.8 Å². The number of hydrogen-bond acceptors (Lipinski definition) is 0. The van der Waals surface area contributed by atoms with Crippen molar-refractivity contribution in [2.24, 2.45) is 0 Å². The average Bonchev–Trinajstić information content (AvgIpc) is 2.37. The smallest absolute Gasteiger partial charge is 0.0623 e. The summed E-state index contributed by atoms with van der Waals surface area (Å²) >= 11 is 0. The summed E-state index contributed by atoms with van der Waals surface area (Å²) in [5.41, 5.74) is 0. The van der Waals surface area contributed by atoms with Crippen LogP contribution in [0.5, 0.6) is 0 Å². The molecule has 0 atom stereocenters. The van der Waals surface area contributed by atoms with Gasteiger partial charge in [-0.15, -0.1) is 12.8 Å². The Kier molecular flexibility index (Phi) is 9.43. The Morgan fingerprint density at radius 3 is 0.429 bits per heavy atom. The molecule has 0 spiro atoms. The van der Waals surface area contributed by atoms with Crippen molar-refractivity contribution in [1.29, 1.82) is 0 Å². The maximum atomic E-state index is 4.00. The van der Waals surface area contributed by atoms with Crippen LogP contribution in [0.4, 0.5) is 0 Å². The Balaban J connectivity index is 0.000000206. The molecular formula is C14H14. The van der Waals surface area contributed by atoms with E-state index in [1.165, 1.54) is 0 Å². The van der Waals surface area contributed by atoms with Crippen LogP contribution in [0.2, 0.25) is 0 Å². The van der Waals surface area contributed by atoms with E-state index in [9.17, 15) is 0 Å². The summed E-state index contributed by atoms with van der Waals surface area (Å²) in [7, 11) is 0. The highest BCUT2D eigenvalue weighted by molar-refractivity contribution is 4.99. The van der Waals surface area contributed by atoms with Gasteiger partial charge in [0.15, 0.2) is 0 Å². The van der Waals surface area contributed by atoms with Gasteiger partial charge in [0.05, 0.1) is 0 Å². The fourth-order valence-electron chi connectivity index (χ4n) is 0.770. The van der Waals surface area contributed by atoms with Crippen molar-refractivity contribution in [2.75, 3.05) is 0 Å². The van der Waals surface area contributed by atoms with Gasteiger partial charge >= 0.3 is 0 Å². The van der Waals surface area contributed by atoms with E-state index >= 15 is 0 Å². The highest BCUT2D eigenvalue weighted by Gasteiger charge is 1.58. The minimum absolute atomic E-state index is 2.00. The summed E-state index contributed by atoms with van der Waals surface area (Å²) in [6.07, 6.45) is 8.00. The normalized spacial score (nSPS) is 7.00. The van der Waals surface area contributed by atoms with E-state index in [1.807, 2.05) is 72.8 Å². The molecular weight excluding hydrogens is 168 g/mol. The van der Waals surface area contributed by atoms with Gasteiger partial charge in [0.2, 0.25) is 0 Å². The lowest BCUT2D eigenvalue weighted by molar-refractivity contribution is 1.72. The van der Waals surface area contributed by atoms with E-state index in [-0.39, 0.29) is 0 Å². The topological polar surface area (TPSA) is 0 Å². The van der Waals surface area contributed by atoms with Crippen LogP contribution in [-0.4, -0.2) is 0 Å². The third kappa shape index (κ3) is 8.10. The third-order valence-electron chi connectivity index (χ3n) is 1.33. The third-order valence-corrected chi connectivity index (χ3v) is 1.33. The van der Waals surface area contributed by atoms with Crippen molar-refractivity contribution in [2.45, 2.75) is 0 Å². The van der Waals surface area contributed by atoms with E-state index in [2.05, 4.69) is 12.8 Å². The zero-order chi connectivity index (χ0) is 10.5. The summed E-state index contributed by atoms with van der Waals surface area (Å²) in [4.78, 5) is 0.